The number of piperazine rings is 1. The number of carbonyl (C=O) groups is 1. The summed E-state index contributed by atoms with van der Waals surface area (Å²) in [6.07, 6.45) is 1.04. The second-order valence-corrected chi connectivity index (χ2v) is 5.52. The van der Waals surface area contributed by atoms with E-state index in [4.69, 9.17) is 5.11 Å². The summed E-state index contributed by atoms with van der Waals surface area (Å²) in [5.74, 6) is 0.581. The summed E-state index contributed by atoms with van der Waals surface area (Å²) in [5.41, 5.74) is 0. The number of hydrogen-bond acceptors (Lipinski definition) is 4. The van der Waals surface area contributed by atoms with Crippen molar-refractivity contribution in [2.45, 2.75) is 26.3 Å². The number of rotatable bonds is 6. The van der Waals surface area contributed by atoms with Crippen LogP contribution in [0, 0.1) is 5.92 Å². The molecule has 0 bridgehead atoms. The van der Waals surface area contributed by atoms with Crippen LogP contribution in [0.3, 0.4) is 0 Å². The molecule has 19 heavy (non-hydrogen) atoms. The number of amides is 1. The van der Waals surface area contributed by atoms with Crippen molar-refractivity contribution in [1.82, 2.24) is 14.7 Å². The summed E-state index contributed by atoms with van der Waals surface area (Å²) < 4.78 is 0. The van der Waals surface area contributed by atoms with Crippen LogP contribution in [-0.2, 0) is 4.79 Å². The van der Waals surface area contributed by atoms with E-state index in [1.54, 1.807) is 0 Å². The number of carbonyl (C=O) groups excluding carboxylic acids is 1. The Labute approximate surface area is 116 Å². The molecular weight excluding hydrogens is 242 g/mol. The fourth-order valence-electron chi connectivity index (χ4n) is 3.08. The number of aliphatic hydroxyl groups is 1. The van der Waals surface area contributed by atoms with E-state index in [0.29, 0.717) is 11.9 Å². The zero-order valence-electron chi connectivity index (χ0n) is 12.2. The first-order valence-corrected chi connectivity index (χ1v) is 7.57. The lowest BCUT2D eigenvalue weighted by molar-refractivity contribution is -0.132. The van der Waals surface area contributed by atoms with Crippen LogP contribution in [0.4, 0.5) is 0 Å². The van der Waals surface area contributed by atoms with Gasteiger partial charge < -0.3 is 10.0 Å². The van der Waals surface area contributed by atoms with Crippen LogP contribution in [0.2, 0.25) is 0 Å². The predicted octanol–water partition coefficient (Wildman–Crippen LogP) is -0.147. The molecule has 0 aromatic heterocycles. The first-order valence-electron chi connectivity index (χ1n) is 7.57. The molecule has 5 nitrogen and oxygen atoms in total. The van der Waals surface area contributed by atoms with Crippen LogP contribution in [-0.4, -0.2) is 84.2 Å². The Hall–Kier alpha value is -0.650. The molecule has 1 saturated carbocycles. The summed E-state index contributed by atoms with van der Waals surface area (Å²) in [4.78, 5) is 18.9. The molecule has 2 rings (SSSR count). The number of nitrogens with zero attached hydrogens (tertiary/aromatic N) is 3. The Bertz CT molecular complexity index is 299. The number of β-amino-alcohol motifs (C(OH)–C–C–N with tert-alkyl or cyclic N) is 1. The molecule has 2 aliphatic rings. The van der Waals surface area contributed by atoms with Crippen molar-refractivity contribution in [3.05, 3.63) is 0 Å². The summed E-state index contributed by atoms with van der Waals surface area (Å²) in [5, 5.41) is 8.93. The molecular formula is C14H27N3O2. The van der Waals surface area contributed by atoms with E-state index in [1.807, 2.05) is 18.7 Å². The van der Waals surface area contributed by atoms with Gasteiger partial charge in [0.1, 0.15) is 0 Å². The highest BCUT2D eigenvalue weighted by Gasteiger charge is 2.48. The quantitative estimate of drug-likeness (QED) is 0.729. The summed E-state index contributed by atoms with van der Waals surface area (Å²) in [6, 6.07) is 0.476. The Kier molecular flexibility index (Phi) is 5.19. The molecule has 1 N–H and O–H groups in total. The van der Waals surface area contributed by atoms with Gasteiger partial charge in [-0.15, -0.1) is 0 Å². The minimum absolute atomic E-state index is 0.240. The number of hydrogen-bond donors (Lipinski definition) is 1. The molecule has 110 valence electrons. The van der Waals surface area contributed by atoms with E-state index in [0.717, 1.165) is 52.2 Å². The maximum absolute atomic E-state index is 12.2. The van der Waals surface area contributed by atoms with Crippen molar-refractivity contribution >= 4 is 5.91 Å². The minimum Gasteiger partial charge on any atom is -0.395 e. The Balaban J connectivity index is 1.76. The van der Waals surface area contributed by atoms with Gasteiger partial charge in [0.15, 0.2) is 0 Å². The van der Waals surface area contributed by atoms with E-state index in [9.17, 15) is 4.79 Å². The van der Waals surface area contributed by atoms with Gasteiger partial charge in [0.05, 0.1) is 12.5 Å². The minimum atomic E-state index is 0.240. The van der Waals surface area contributed by atoms with E-state index in [-0.39, 0.29) is 12.5 Å². The Morgan fingerprint density at radius 2 is 1.84 bits per heavy atom. The fraction of sp³-hybridized carbons (Fsp3) is 0.929. The standard InChI is InChI=1S/C14H27N3O2/c1-3-16(4-2)14(19)12-11-13(12)17-7-5-15(6-8-17)9-10-18/h12-13,18H,3-11H2,1-2H3. The molecule has 1 aliphatic heterocycles. The smallest absolute Gasteiger partial charge is 0.227 e. The zero-order valence-corrected chi connectivity index (χ0v) is 12.2. The lowest BCUT2D eigenvalue weighted by atomic mass is 10.2. The molecule has 1 amide bonds. The fourth-order valence-corrected chi connectivity index (χ4v) is 3.08. The molecule has 0 radical (unpaired) electrons. The van der Waals surface area contributed by atoms with Gasteiger partial charge in [-0.2, -0.15) is 0 Å². The van der Waals surface area contributed by atoms with Crippen molar-refractivity contribution in [2.24, 2.45) is 5.92 Å². The average molecular weight is 269 g/mol. The average Bonchev–Trinajstić information content (AvgIpc) is 3.21. The van der Waals surface area contributed by atoms with Gasteiger partial charge in [-0.05, 0) is 20.3 Å². The third-order valence-corrected chi connectivity index (χ3v) is 4.44. The maximum atomic E-state index is 12.2. The highest BCUT2D eigenvalue weighted by Crippen LogP contribution is 2.37. The summed E-state index contributed by atoms with van der Waals surface area (Å²) in [6.45, 7) is 10.9. The third-order valence-electron chi connectivity index (χ3n) is 4.44. The molecule has 0 aromatic rings. The first-order chi connectivity index (χ1) is 9.21. The van der Waals surface area contributed by atoms with E-state index < -0.39 is 0 Å². The second-order valence-electron chi connectivity index (χ2n) is 5.52. The van der Waals surface area contributed by atoms with Crippen LogP contribution < -0.4 is 0 Å². The molecule has 2 unspecified atom stereocenters. The van der Waals surface area contributed by atoms with E-state index >= 15 is 0 Å². The van der Waals surface area contributed by atoms with Crippen LogP contribution in [0.5, 0.6) is 0 Å². The lowest BCUT2D eigenvalue weighted by Crippen LogP contribution is -2.48. The lowest BCUT2D eigenvalue weighted by Gasteiger charge is -2.34. The van der Waals surface area contributed by atoms with Gasteiger partial charge in [-0.3, -0.25) is 14.6 Å². The molecule has 0 spiro atoms. The van der Waals surface area contributed by atoms with Gasteiger partial charge >= 0.3 is 0 Å². The highest BCUT2D eigenvalue weighted by molar-refractivity contribution is 5.82. The third kappa shape index (κ3) is 3.46. The van der Waals surface area contributed by atoms with Crippen LogP contribution >= 0.6 is 0 Å². The first kappa shape index (κ1) is 14.8. The monoisotopic (exact) mass is 269 g/mol. The molecule has 0 aromatic carbocycles. The van der Waals surface area contributed by atoms with Crippen molar-refractivity contribution in [3.8, 4) is 0 Å². The highest BCUT2D eigenvalue weighted by atomic mass is 16.3. The zero-order chi connectivity index (χ0) is 13.8. The van der Waals surface area contributed by atoms with Crippen LogP contribution in [0.25, 0.3) is 0 Å². The topological polar surface area (TPSA) is 47.0 Å². The van der Waals surface area contributed by atoms with Crippen molar-refractivity contribution < 1.29 is 9.90 Å². The molecule has 2 fully saturated rings. The molecule has 2 atom stereocenters. The van der Waals surface area contributed by atoms with Crippen molar-refractivity contribution in [3.63, 3.8) is 0 Å². The SMILES string of the molecule is CCN(CC)C(=O)C1CC1N1CCN(CCO)CC1. The van der Waals surface area contributed by atoms with Crippen molar-refractivity contribution in [1.29, 1.82) is 0 Å². The van der Waals surface area contributed by atoms with Crippen LogP contribution in [0.15, 0.2) is 0 Å². The van der Waals surface area contributed by atoms with Gasteiger partial charge in [-0.25, -0.2) is 0 Å². The second kappa shape index (κ2) is 6.68. The van der Waals surface area contributed by atoms with Gasteiger partial charge in [0, 0.05) is 51.9 Å². The number of aliphatic hydroxyl groups excluding tert-OH is 1. The van der Waals surface area contributed by atoms with Gasteiger partial charge in [-0.1, -0.05) is 0 Å². The maximum Gasteiger partial charge on any atom is 0.227 e. The molecule has 5 heteroatoms. The van der Waals surface area contributed by atoms with Crippen molar-refractivity contribution in [2.75, 3.05) is 52.4 Å². The van der Waals surface area contributed by atoms with Gasteiger partial charge in [0.2, 0.25) is 5.91 Å². The van der Waals surface area contributed by atoms with E-state index in [1.165, 1.54) is 0 Å². The van der Waals surface area contributed by atoms with Gasteiger partial charge in [0.25, 0.3) is 0 Å². The summed E-state index contributed by atoms with van der Waals surface area (Å²) >= 11 is 0. The Morgan fingerprint density at radius 3 is 2.37 bits per heavy atom. The normalized spacial score (nSPS) is 28.4. The largest absolute Gasteiger partial charge is 0.395 e. The molecule has 1 heterocycles. The van der Waals surface area contributed by atoms with E-state index in [2.05, 4.69) is 9.80 Å². The molecule has 1 saturated heterocycles. The Morgan fingerprint density at radius 1 is 1.21 bits per heavy atom. The summed E-state index contributed by atoms with van der Waals surface area (Å²) in [7, 11) is 0. The molecule has 1 aliphatic carbocycles. The van der Waals surface area contributed by atoms with Crippen LogP contribution in [0.1, 0.15) is 20.3 Å². The predicted molar refractivity (Wildman–Crippen MR) is 74.9 cm³/mol.